The number of hydrogen-bond acceptors (Lipinski definition) is 8. The number of nitrogens with zero attached hydrogens (tertiary/aromatic N) is 4. The summed E-state index contributed by atoms with van der Waals surface area (Å²) in [6.07, 6.45) is -0.983. The van der Waals surface area contributed by atoms with Crippen LogP contribution in [0.1, 0.15) is 50.2 Å². The Hall–Kier alpha value is -4.07. The molecule has 1 saturated carbocycles. The smallest absolute Gasteiger partial charge is 0.366 e. The molecule has 0 radical (unpaired) electrons. The maximum absolute atomic E-state index is 14.0. The van der Waals surface area contributed by atoms with Crippen molar-refractivity contribution in [2.75, 3.05) is 49.2 Å². The Bertz CT molecular complexity index is 1710. The number of carbonyl (C=O) groups excluding carboxylic acids is 2. The van der Waals surface area contributed by atoms with Gasteiger partial charge in [-0.05, 0) is 62.2 Å². The van der Waals surface area contributed by atoms with Gasteiger partial charge in [-0.15, -0.1) is 11.3 Å². The first kappa shape index (κ1) is 30.0. The molecule has 0 spiro atoms. The van der Waals surface area contributed by atoms with E-state index in [1.807, 2.05) is 11.9 Å². The lowest BCUT2D eigenvalue weighted by Crippen LogP contribution is -2.44. The molecule has 3 heterocycles. The maximum atomic E-state index is 14.0. The lowest BCUT2D eigenvalue weighted by atomic mass is 10.0. The number of amides is 2. The number of nitrogens with one attached hydrogen (secondary N) is 3. The summed E-state index contributed by atoms with van der Waals surface area (Å²) < 4.78 is 42.9. The van der Waals surface area contributed by atoms with Gasteiger partial charge < -0.3 is 20.9 Å². The van der Waals surface area contributed by atoms with Crippen molar-refractivity contribution < 1.29 is 22.8 Å². The Morgan fingerprint density at radius 1 is 1.00 bits per heavy atom. The van der Waals surface area contributed by atoms with Crippen LogP contribution < -0.4 is 16.0 Å². The fourth-order valence-corrected chi connectivity index (χ4v) is 6.08. The van der Waals surface area contributed by atoms with Crippen LogP contribution in [0.2, 0.25) is 0 Å². The fourth-order valence-electron chi connectivity index (χ4n) is 5.13. The van der Waals surface area contributed by atoms with E-state index in [0.717, 1.165) is 36.7 Å². The number of halogens is 3. The van der Waals surface area contributed by atoms with E-state index in [2.05, 4.69) is 30.8 Å². The number of alkyl halides is 3. The average Bonchev–Trinajstić information content (AvgIpc) is 3.69. The highest BCUT2D eigenvalue weighted by molar-refractivity contribution is 7.18. The Morgan fingerprint density at radius 3 is 2.50 bits per heavy atom. The molecule has 9 nitrogen and oxygen atoms in total. The number of thiophene rings is 1. The molecule has 1 saturated heterocycles. The van der Waals surface area contributed by atoms with Crippen molar-refractivity contribution in [3.05, 3.63) is 75.9 Å². The van der Waals surface area contributed by atoms with E-state index in [1.54, 1.807) is 24.4 Å². The maximum Gasteiger partial charge on any atom is 0.416 e. The van der Waals surface area contributed by atoms with Gasteiger partial charge in [-0.3, -0.25) is 14.5 Å². The number of aryl methyl sites for hydroxylation is 1. The number of piperazine rings is 1. The predicted molar refractivity (Wildman–Crippen MR) is 165 cm³/mol. The Kier molecular flexibility index (Phi) is 8.27. The summed E-state index contributed by atoms with van der Waals surface area (Å²) in [6, 6.07) is 9.05. The third kappa shape index (κ3) is 6.69. The van der Waals surface area contributed by atoms with Gasteiger partial charge in [-0.2, -0.15) is 13.2 Å². The number of aromatic nitrogens is 2. The second-order valence-corrected chi connectivity index (χ2v) is 12.2. The van der Waals surface area contributed by atoms with E-state index in [0.29, 0.717) is 47.3 Å². The number of anilines is 3. The van der Waals surface area contributed by atoms with E-state index >= 15 is 0 Å². The first-order valence-electron chi connectivity index (χ1n) is 14.4. The molecule has 2 aromatic heterocycles. The minimum absolute atomic E-state index is 0.0376. The van der Waals surface area contributed by atoms with Crippen LogP contribution in [-0.4, -0.2) is 70.9 Å². The zero-order valence-electron chi connectivity index (χ0n) is 24.3. The van der Waals surface area contributed by atoms with E-state index in [9.17, 15) is 22.8 Å². The predicted octanol–water partition coefficient (Wildman–Crippen LogP) is 5.84. The molecular weight excluding hydrogens is 591 g/mol. The molecule has 0 bridgehead atoms. The largest absolute Gasteiger partial charge is 0.416 e. The lowest BCUT2D eigenvalue weighted by molar-refractivity contribution is -0.138. The Balaban J connectivity index is 1.17. The van der Waals surface area contributed by atoms with Crippen LogP contribution in [-0.2, 0) is 12.7 Å². The first-order chi connectivity index (χ1) is 21.0. The number of rotatable bonds is 8. The number of fused-ring (bicyclic) bond motifs is 1. The van der Waals surface area contributed by atoms with Crippen molar-refractivity contribution >= 4 is 50.6 Å². The zero-order valence-corrected chi connectivity index (χ0v) is 25.1. The quantitative estimate of drug-likeness (QED) is 0.227. The van der Waals surface area contributed by atoms with Gasteiger partial charge >= 0.3 is 6.18 Å². The van der Waals surface area contributed by atoms with Crippen LogP contribution in [0.15, 0.2) is 48.1 Å². The van der Waals surface area contributed by atoms with E-state index in [4.69, 9.17) is 0 Å². The van der Waals surface area contributed by atoms with E-state index in [-0.39, 0.29) is 23.4 Å². The second-order valence-electron chi connectivity index (χ2n) is 11.4. The van der Waals surface area contributed by atoms with Gasteiger partial charge in [0, 0.05) is 61.1 Å². The summed E-state index contributed by atoms with van der Waals surface area (Å²) in [4.78, 5) is 39.2. The van der Waals surface area contributed by atoms with Crippen molar-refractivity contribution in [3.63, 3.8) is 0 Å². The summed E-state index contributed by atoms with van der Waals surface area (Å²) >= 11 is 1.38. The van der Waals surface area contributed by atoms with Crippen LogP contribution in [0, 0.1) is 6.92 Å². The van der Waals surface area contributed by atoms with Gasteiger partial charge in [0.15, 0.2) is 0 Å². The number of benzene rings is 2. The summed E-state index contributed by atoms with van der Waals surface area (Å²) in [5, 5.41) is 10.5. The van der Waals surface area contributed by atoms with Crippen LogP contribution in [0.3, 0.4) is 0 Å². The molecule has 2 amide bonds. The highest BCUT2D eigenvalue weighted by atomic mass is 32.1. The van der Waals surface area contributed by atoms with Crippen molar-refractivity contribution in [1.29, 1.82) is 0 Å². The van der Waals surface area contributed by atoms with Gasteiger partial charge in [0.2, 0.25) is 0 Å². The highest BCUT2D eigenvalue weighted by Crippen LogP contribution is 2.35. The molecule has 44 heavy (non-hydrogen) atoms. The monoisotopic (exact) mass is 623 g/mol. The Morgan fingerprint density at radius 2 is 1.77 bits per heavy atom. The van der Waals surface area contributed by atoms with Crippen LogP contribution in [0.25, 0.3) is 10.2 Å². The average molecular weight is 624 g/mol. The number of hydrogen-bond donors (Lipinski definition) is 3. The van der Waals surface area contributed by atoms with Crippen molar-refractivity contribution in [2.45, 2.75) is 38.5 Å². The summed E-state index contributed by atoms with van der Waals surface area (Å²) in [7, 11) is 1.99. The van der Waals surface area contributed by atoms with Gasteiger partial charge in [0.05, 0.1) is 21.3 Å². The van der Waals surface area contributed by atoms with Gasteiger partial charge in [0.25, 0.3) is 11.8 Å². The molecule has 0 atom stereocenters. The summed E-state index contributed by atoms with van der Waals surface area (Å²) in [6.45, 7) is 4.94. The first-order valence-corrected chi connectivity index (χ1v) is 15.3. The zero-order chi connectivity index (χ0) is 31.0. The van der Waals surface area contributed by atoms with Crippen LogP contribution in [0.5, 0.6) is 0 Å². The molecule has 0 unspecified atom stereocenters. The third-order valence-electron chi connectivity index (χ3n) is 7.93. The molecule has 2 aliphatic rings. The number of likely N-dealkylation sites (N-methyl/N-ethyl adjacent to an activating group) is 1. The molecule has 13 heteroatoms. The summed E-state index contributed by atoms with van der Waals surface area (Å²) in [5.41, 5.74) is 1.67. The topological polar surface area (TPSA) is 102 Å². The van der Waals surface area contributed by atoms with Crippen LogP contribution >= 0.6 is 11.3 Å². The molecule has 2 fully saturated rings. The third-order valence-corrected chi connectivity index (χ3v) is 8.90. The molecule has 230 valence electrons. The minimum atomic E-state index is -4.57. The molecule has 4 aromatic rings. The highest BCUT2D eigenvalue weighted by Gasteiger charge is 2.34. The van der Waals surface area contributed by atoms with Gasteiger partial charge in [0.1, 0.15) is 12.1 Å². The summed E-state index contributed by atoms with van der Waals surface area (Å²) in [5.74, 6) is -0.277. The van der Waals surface area contributed by atoms with Gasteiger partial charge in [-0.25, -0.2) is 9.97 Å². The van der Waals surface area contributed by atoms with E-state index < -0.39 is 23.6 Å². The fraction of sp³-hybridized carbons (Fsp3) is 0.355. The second kappa shape index (κ2) is 12.1. The molecule has 3 N–H and O–H groups in total. The molecule has 1 aliphatic heterocycles. The molecule has 1 aliphatic carbocycles. The molecule has 6 rings (SSSR count). The van der Waals surface area contributed by atoms with Crippen molar-refractivity contribution in [1.82, 2.24) is 19.8 Å². The molecule has 2 aromatic carbocycles. The van der Waals surface area contributed by atoms with Crippen LogP contribution in [0.4, 0.5) is 30.4 Å². The molecular formula is C31H32F3N7O2S. The normalized spacial score (nSPS) is 16.2. The van der Waals surface area contributed by atoms with Crippen molar-refractivity contribution in [3.8, 4) is 0 Å². The van der Waals surface area contributed by atoms with Gasteiger partial charge in [-0.1, -0.05) is 12.1 Å². The standard InChI is InChI=1S/C31H32F3N7O2S/c1-18-3-4-19(13-25(18)39-30(43)23-16-44-27-26(23)35-17-36-28(27)37-21-7-8-21)29(42)38-22-6-5-20(24(14-22)31(32,33)34)15-41-11-9-40(2)10-12-41/h3-6,13-14,16-17,21H,7-12,15H2,1-2H3,(H,38,42)(H,39,43)(H,35,36,37). The number of carbonyl (C=O) groups is 2. The van der Waals surface area contributed by atoms with E-state index in [1.165, 1.54) is 35.9 Å². The lowest BCUT2D eigenvalue weighted by Gasteiger charge is -2.33. The minimum Gasteiger partial charge on any atom is -0.366 e. The SMILES string of the molecule is Cc1ccc(C(=O)Nc2ccc(CN3CCN(C)CC3)c(C(F)(F)F)c2)cc1NC(=O)c1csc2c(NC3CC3)ncnc12. The Labute approximate surface area is 256 Å². The van der Waals surface area contributed by atoms with Crippen molar-refractivity contribution in [2.24, 2.45) is 0 Å².